The molecule has 1 aromatic carbocycles. The topological polar surface area (TPSA) is 20.3 Å². The Bertz CT molecular complexity index is 498. The molecule has 1 saturated heterocycles. The van der Waals surface area contributed by atoms with E-state index in [1.54, 1.807) is 0 Å². The van der Waals surface area contributed by atoms with Crippen LogP contribution in [0.2, 0.25) is 0 Å². The first-order valence-corrected chi connectivity index (χ1v) is 6.49. The quantitative estimate of drug-likeness (QED) is 0.692. The number of terminal acetylenes is 1. The molecule has 18 heavy (non-hydrogen) atoms. The summed E-state index contributed by atoms with van der Waals surface area (Å²) in [4.78, 5) is 14.4. The number of aryl methyl sites for hydroxylation is 1. The Hall–Kier alpha value is -1.75. The van der Waals surface area contributed by atoms with E-state index < -0.39 is 0 Å². The second kappa shape index (κ2) is 5.27. The molecule has 1 unspecified atom stereocenters. The molecule has 0 saturated carbocycles. The number of rotatable bonds is 1. The third-order valence-electron chi connectivity index (χ3n) is 3.59. The molecule has 0 spiro atoms. The molecule has 2 rings (SSSR count). The summed E-state index contributed by atoms with van der Waals surface area (Å²) in [6.45, 7) is 5.83. The van der Waals surface area contributed by atoms with E-state index in [-0.39, 0.29) is 5.91 Å². The van der Waals surface area contributed by atoms with E-state index in [0.717, 1.165) is 30.6 Å². The first-order valence-electron chi connectivity index (χ1n) is 6.49. The monoisotopic (exact) mass is 241 g/mol. The summed E-state index contributed by atoms with van der Waals surface area (Å²) >= 11 is 0. The maximum Gasteiger partial charge on any atom is 0.255 e. The average Bonchev–Trinajstić information content (AvgIpc) is 2.37. The fourth-order valence-corrected chi connectivity index (χ4v) is 2.58. The number of likely N-dealkylation sites (tertiary alicyclic amines) is 1. The van der Waals surface area contributed by atoms with Crippen molar-refractivity contribution in [2.45, 2.75) is 26.7 Å². The van der Waals surface area contributed by atoms with Crippen LogP contribution in [0.3, 0.4) is 0 Å². The van der Waals surface area contributed by atoms with E-state index >= 15 is 0 Å². The molecule has 1 aliphatic rings. The molecular formula is C16H19NO. The van der Waals surface area contributed by atoms with Crippen molar-refractivity contribution >= 4 is 5.91 Å². The van der Waals surface area contributed by atoms with Gasteiger partial charge in [-0.1, -0.05) is 25.0 Å². The minimum absolute atomic E-state index is 0.0817. The van der Waals surface area contributed by atoms with Gasteiger partial charge in [0.25, 0.3) is 5.91 Å². The maximum absolute atomic E-state index is 12.5. The van der Waals surface area contributed by atoms with E-state index in [4.69, 9.17) is 6.42 Å². The fraction of sp³-hybridized carbons (Fsp3) is 0.438. The van der Waals surface area contributed by atoms with Gasteiger partial charge in [-0.15, -0.1) is 6.42 Å². The zero-order valence-electron chi connectivity index (χ0n) is 11.1. The van der Waals surface area contributed by atoms with Crippen molar-refractivity contribution in [1.82, 2.24) is 4.90 Å². The number of amides is 1. The fourth-order valence-electron chi connectivity index (χ4n) is 2.58. The van der Waals surface area contributed by atoms with Gasteiger partial charge in [0.05, 0.1) is 5.56 Å². The summed E-state index contributed by atoms with van der Waals surface area (Å²) < 4.78 is 0. The molecule has 94 valence electrons. The van der Waals surface area contributed by atoms with Gasteiger partial charge < -0.3 is 4.90 Å². The molecule has 1 amide bonds. The Morgan fingerprint density at radius 2 is 2.28 bits per heavy atom. The number of carbonyl (C=O) groups is 1. The number of hydrogen-bond acceptors (Lipinski definition) is 1. The molecule has 1 heterocycles. The minimum atomic E-state index is 0.0817. The summed E-state index contributed by atoms with van der Waals surface area (Å²) in [5.74, 6) is 3.31. The number of carbonyl (C=O) groups excluding carboxylic acids is 1. The van der Waals surface area contributed by atoms with Crippen LogP contribution in [0.1, 0.15) is 41.3 Å². The van der Waals surface area contributed by atoms with Gasteiger partial charge in [0, 0.05) is 18.7 Å². The maximum atomic E-state index is 12.5. The molecule has 0 radical (unpaired) electrons. The van der Waals surface area contributed by atoms with E-state index in [1.165, 1.54) is 6.42 Å². The largest absolute Gasteiger partial charge is 0.338 e. The van der Waals surface area contributed by atoms with Crippen molar-refractivity contribution in [2.24, 2.45) is 5.92 Å². The standard InChI is InChI=1S/C16H19NO/c1-4-14-13(3)8-5-9-15(14)16(18)17-10-6-7-12(2)11-17/h1,5,8-9,12H,6-7,10-11H2,2-3H3. The first kappa shape index (κ1) is 12.7. The second-order valence-corrected chi connectivity index (χ2v) is 5.14. The molecule has 1 aliphatic heterocycles. The molecular weight excluding hydrogens is 222 g/mol. The Balaban J connectivity index is 2.29. The van der Waals surface area contributed by atoms with Gasteiger partial charge in [0.15, 0.2) is 0 Å². The van der Waals surface area contributed by atoms with Crippen LogP contribution < -0.4 is 0 Å². The lowest BCUT2D eigenvalue weighted by Crippen LogP contribution is -2.39. The lowest BCUT2D eigenvalue weighted by Gasteiger charge is -2.31. The summed E-state index contributed by atoms with van der Waals surface area (Å²) in [6, 6.07) is 5.69. The molecule has 0 N–H and O–H groups in total. The van der Waals surface area contributed by atoms with Gasteiger partial charge in [-0.25, -0.2) is 0 Å². The van der Waals surface area contributed by atoms with Crippen molar-refractivity contribution in [3.63, 3.8) is 0 Å². The van der Waals surface area contributed by atoms with Crippen LogP contribution >= 0.6 is 0 Å². The van der Waals surface area contributed by atoms with Crippen molar-refractivity contribution in [3.8, 4) is 12.3 Å². The highest BCUT2D eigenvalue weighted by Crippen LogP contribution is 2.20. The smallest absolute Gasteiger partial charge is 0.255 e. The Kier molecular flexibility index (Phi) is 3.72. The number of piperidine rings is 1. The zero-order chi connectivity index (χ0) is 13.1. The molecule has 1 aromatic rings. The van der Waals surface area contributed by atoms with Crippen LogP contribution in [0.25, 0.3) is 0 Å². The number of nitrogens with zero attached hydrogens (tertiary/aromatic N) is 1. The van der Waals surface area contributed by atoms with Crippen LogP contribution in [-0.2, 0) is 0 Å². The predicted molar refractivity (Wildman–Crippen MR) is 73.4 cm³/mol. The summed E-state index contributed by atoms with van der Waals surface area (Å²) in [6.07, 6.45) is 7.82. The third kappa shape index (κ3) is 2.41. The molecule has 0 aliphatic carbocycles. The lowest BCUT2D eigenvalue weighted by molar-refractivity contribution is 0.0682. The highest BCUT2D eigenvalue weighted by Gasteiger charge is 2.23. The summed E-state index contributed by atoms with van der Waals surface area (Å²) in [5, 5.41) is 0. The number of benzene rings is 1. The van der Waals surface area contributed by atoms with E-state index in [9.17, 15) is 4.79 Å². The van der Waals surface area contributed by atoms with Crippen molar-refractivity contribution < 1.29 is 4.79 Å². The minimum Gasteiger partial charge on any atom is -0.338 e. The Morgan fingerprint density at radius 3 is 2.94 bits per heavy atom. The van der Waals surface area contributed by atoms with Gasteiger partial charge in [0.1, 0.15) is 0 Å². The molecule has 2 heteroatoms. The van der Waals surface area contributed by atoms with E-state index in [1.807, 2.05) is 30.0 Å². The Labute approximate surface area is 109 Å². The number of hydrogen-bond donors (Lipinski definition) is 0. The van der Waals surface area contributed by atoms with Crippen LogP contribution in [0, 0.1) is 25.2 Å². The molecule has 2 nitrogen and oxygen atoms in total. The van der Waals surface area contributed by atoms with Crippen LogP contribution in [0.4, 0.5) is 0 Å². The highest BCUT2D eigenvalue weighted by atomic mass is 16.2. The van der Waals surface area contributed by atoms with Gasteiger partial charge in [0.2, 0.25) is 0 Å². The lowest BCUT2D eigenvalue weighted by atomic mass is 9.97. The second-order valence-electron chi connectivity index (χ2n) is 5.14. The van der Waals surface area contributed by atoms with E-state index in [2.05, 4.69) is 12.8 Å². The van der Waals surface area contributed by atoms with E-state index in [0.29, 0.717) is 11.5 Å². The zero-order valence-corrected chi connectivity index (χ0v) is 11.1. The SMILES string of the molecule is C#Cc1c(C)cccc1C(=O)N1CCCC(C)C1. The van der Waals surface area contributed by atoms with Gasteiger partial charge in [-0.2, -0.15) is 0 Å². The van der Waals surface area contributed by atoms with Crippen LogP contribution in [0.15, 0.2) is 18.2 Å². The molecule has 0 bridgehead atoms. The van der Waals surface area contributed by atoms with Crippen LogP contribution in [-0.4, -0.2) is 23.9 Å². The van der Waals surface area contributed by atoms with Gasteiger partial charge in [-0.3, -0.25) is 4.79 Å². The Morgan fingerprint density at radius 1 is 1.50 bits per heavy atom. The van der Waals surface area contributed by atoms with Gasteiger partial charge in [-0.05, 0) is 37.3 Å². The van der Waals surface area contributed by atoms with Crippen molar-refractivity contribution in [3.05, 3.63) is 34.9 Å². The van der Waals surface area contributed by atoms with Crippen LogP contribution in [0.5, 0.6) is 0 Å². The average molecular weight is 241 g/mol. The summed E-state index contributed by atoms with van der Waals surface area (Å²) in [7, 11) is 0. The summed E-state index contributed by atoms with van der Waals surface area (Å²) in [5.41, 5.74) is 2.40. The normalized spacial score (nSPS) is 19.4. The van der Waals surface area contributed by atoms with Gasteiger partial charge >= 0.3 is 0 Å². The highest BCUT2D eigenvalue weighted by molar-refractivity contribution is 5.97. The molecule has 1 atom stereocenters. The molecule has 1 fully saturated rings. The third-order valence-corrected chi connectivity index (χ3v) is 3.59. The molecule has 0 aromatic heterocycles. The van der Waals surface area contributed by atoms with Crippen molar-refractivity contribution in [1.29, 1.82) is 0 Å². The van der Waals surface area contributed by atoms with Crippen molar-refractivity contribution in [2.75, 3.05) is 13.1 Å². The predicted octanol–water partition coefficient (Wildman–Crippen LogP) is 2.85. The first-order chi connectivity index (χ1) is 8.63.